The van der Waals surface area contributed by atoms with E-state index in [1.807, 2.05) is 18.2 Å². The summed E-state index contributed by atoms with van der Waals surface area (Å²) in [5.41, 5.74) is 7.15. The first-order valence-electron chi connectivity index (χ1n) is 4.14. The van der Waals surface area contributed by atoms with Crippen LogP contribution in [0.3, 0.4) is 0 Å². The molecule has 1 rings (SSSR count). The number of nitrogens with two attached hydrogens (primary N) is 1. The van der Waals surface area contributed by atoms with Crippen LogP contribution in [0.5, 0.6) is 0 Å². The predicted octanol–water partition coefficient (Wildman–Crippen LogP) is 2.91. The molecule has 0 aliphatic rings. The first-order chi connectivity index (χ1) is 6.24. The highest BCUT2D eigenvalue weighted by molar-refractivity contribution is 6.33. The van der Waals surface area contributed by atoms with E-state index < -0.39 is 0 Å². The van der Waals surface area contributed by atoms with Crippen molar-refractivity contribution in [3.63, 3.8) is 0 Å². The van der Waals surface area contributed by atoms with Crippen LogP contribution in [0, 0.1) is 0 Å². The second-order valence-corrected chi connectivity index (χ2v) is 3.15. The van der Waals surface area contributed by atoms with Crippen molar-refractivity contribution in [3.8, 4) is 0 Å². The Balaban J connectivity index is 2.61. The summed E-state index contributed by atoms with van der Waals surface area (Å²) < 4.78 is 0. The van der Waals surface area contributed by atoms with Gasteiger partial charge in [0.05, 0.1) is 10.7 Å². The van der Waals surface area contributed by atoms with Crippen molar-refractivity contribution in [1.29, 1.82) is 0 Å². The van der Waals surface area contributed by atoms with E-state index in [2.05, 4.69) is 11.9 Å². The summed E-state index contributed by atoms with van der Waals surface area (Å²) in [6.45, 7) is 4.48. The molecule has 0 radical (unpaired) electrons. The molecule has 0 spiro atoms. The van der Waals surface area contributed by atoms with Crippen LogP contribution in [0.15, 0.2) is 30.9 Å². The standard InChI is InChI=1S/C10H13ClN2/c1-2-3-6-13-10-5-4-8(12)7-9(10)11/h2,4-5,7,13H,1,3,6,12H2. The van der Waals surface area contributed by atoms with Crippen LogP contribution in [0.1, 0.15) is 6.42 Å². The molecule has 0 atom stereocenters. The van der Waals surface area contributed by atoms with Crippen LogP contribution < -0.4 is 11.1 Å². The second-order valence-electron chi connectivity index (χ2n) is 2.74. The predicted molar refractivity (Wildman–Crippen MR) is 59.2 cm³/mol. The number of hydrogen-bond donors (Lipinski definition) is 2. The van der Waals surface area contributed by atoms with Crippen molar-refractivity contribution in [1.82, 2.24) is 0 Å². The van der Waals surface area contributed by atoms with Crippen LogP contribution in [0.2, 0.25) is 5.02 Å². The van der Waals surface area contributed by atoms with Crippen LogP contribution in [-0.4, -0.2) is 6.54 Å². The number of anilines is 2. The summed E-state index contributed by atoms with van der Waals surface area (Å²) in [4.78, 5) is 0. The van der Waals surface area contributed by atoms with Crippen LogP contribution in [-0.2, 0) is 0 Å². The van der Waals surface area contributed by atoms with E-state index >= 15 is 0 Å². The van der Waals surface area contributed by atoms with Crippen molar-refractivity contribution in [2.75, 3.05) is 17.6 Å². The maximum absolute atomic E-state index is 5.94. The fourth-order valence-electron chi connectivity index (χ4n) is 0.984. The molecule has 0 aliphatic heterocycles. The van der Waals surface area contributed by atoms with Crippen molar-refractivity contribution in [2.24, 2.45) is 0 Å². The molecule has 0 fully saturated rings. The molecule has 0 aliphatic carbocycles. The molecule has 1 aromatic carbocycles. The van der Waals surface area contributed by atoms with Gasteiger partial charge in [-0.1, -0.05) is 17.7 Å². The van der Waals surface area contributed by atoms with Crippen molar-refractivity contribution >= 4 is 23.0 Å². The lowest BCUT2D eigenvalue weighted by atomic mass is 10.3. The Morgan fingerprint density at radius 3 is 2.92 bits per heavy atom. The quantitative estimate of drug-likeness (QED) is 0.442. The summed E-state index contributed by atoms with van der Waals surface area (Å²) >= 11 is 5.94. The first-order valence-corrected chi connectivity index (χ1v) is 4.51. The van der Waals surface area contributed by atoms with E-state index in [0.29, 0.717) is 10.7 Å². The minimum Gasteiger partial charge on any atom is -0.399 e. The number of benzene rings is 1. The molecule has 0 amide bonds. The minimum atomic E-state index is 0.657. The molecule has 0 unspecified atom stereocenters. The van der Waals surface area contributed by atoms with E-state index in [-0.39, 0.29) is 0 Å². The zero-order chi connectivity index (χ0) is 9.68. The fraction of sp³-hybridized carbons (Fsp3) is 0.200. The van der Waals surface area contributed by atoms with Gasteiger partial charge in [0.15, 0.2) is 0 Å². The molecule has 2 nitrogen and oxygen atoms in total. The third kappa shape index (κ3) is 2.99. The molecule has 0 saturated carbocycles. The fourth-order valence-corrected chi connectivity index (χ4v) is 1.24. The Labute approximate surface area is 83.4 Å². The van der Waals surface area contributed by atoms with Gasteiger partial charge in [-0.3, -0.25) is 0 Å². The monoisotopic (exact) mass is 196 g/mol. The molecule has 1 aromatic rings. The lowest BCUT2D eigenvalue weighted by Crippen LogP contribution is -2.00. The summed E-state index contributed by atoms with van der Waals surface area (Å²) in [5, 5.41) is 3.84. The van der Waals surface area contributed by atoms with Gasteiger partial charge < -0.3 is 11.1 Å². The molecule has 3 N–H and O–H groups in total. The number of rotatable bonds is 4. The Kier molecular flexibility index (Phi) is 3.65. The lowest BCUT2D eigenvalue weighted by Gasteiger charge is -2.07. The first kappa shape index (κ1) is 9.93. The molecule has 3 heteroatoms. The van der Waals surface area contributed by atoms with Gasteiger partial charge in [0.25, 0.3) is 0 Å². The smallest absolute Gasteiger partial charge is 0.0657 e. The van der Waals surface area contributed by atoms with Crippen LogP contribution in [0.25, 0.3) is 0 Å². The zero-order valence-corrected chi connectivity index (χ0v) is 8.14. The molecule has 70 valence electrons. The second kappa shape index (κ2) is 4.77. The number of halogens is 1. The molecular weight excluding hydrogens is 184 g/mol. The Bertz CT molecular complexity index is 297. The molecule has 0 heterocycles. The highest BCUT2D eigenvalue weighted by Crippen LogP contribution is 2.23. The molecule has 0 bridgehead atoms. The maximum Gasteiger partial charge on any atom is 0.0657 e. The van der Waals surface area contributed by atoms with Gasteiger partial charge in [-0.05, 0) is 24.6 Å². The third-order valence-corrected chi connectivity index (χ3v) is 1.97. The molecule has 0 aromatic heterocycles. The van der Waals surface area contributed by atoms with E-state index in [4.69, 9.17) is 17.3 Å². The van der Waals surface area contributed by atoms with Gasteiger partial charge in [-0.2, -0.15) is 0 Å². The summed E-state index contributed by atoms with van der Waals surface area (Å²) in [5.74, 6) is 0. The van der Waals surface area contributed by atoms with E-state index in [0.717, 1.165) is 18.7 Å². The van der Waals surface area contributed by atoms with Crippen molar-refractivity contribution < 1.29 is 0 Å². The SMILES string of the molecule is C=CCCNc1ccc(N)cc1Cl. The normalized spacial score (nSPS) is 9.62. The summed E-state index contributed by atoms with van der Waals surface area (Å²) in [7, 11) is 0. The van der Waals surface area contributed by atoms with E-state index in [9.17, 15) is 0 Å². The molecular formula is C10H13ClN2. The van der Waals surface area contributed by atoms with Crippen LogP contribution in [0.4, 0.5) is 11.4 Å². The third-order valence-electron chi connectivity index (χ3n) is 1.66. The Morgan fingerprint density at radius 2 is 2.31 bits per heavy atom. The largest absolute Gasteiger partial charge is 0.399 e. The van der Waals surface area contributed by atoms with Gasteiger partial charge in [0, 0.05) is 12.2 Å². The van der Waals surface area contributed by atoms with Gasteiger partial charge >= 0.3 is 0 Å². The van der Waals surface area contributed by atoms with Crippen LogP contribution >= 0.6 is 11.6 Å². The van der Waals surface area contributed by atoms with E-state index in [1.165, 1.54) is 0 Å². The van der Waals surface area contributed by atoms with Gasteiger partial charge in [-0.15, -0.1) is 6.58 Å². The average molecular weight is 197 g/mol. The number of hydrogen-bond acceptors (Lipinski definition) is 2. The van der Waals surface area contributed by atoms with Gasteiger partial charge in [0.1, 0.15) is 0 Å². The Morgan fingerprint density at radius 1 is 1.54 bits per heavy atom. The highest BCUT2D eigenvalue weighted by Gasteiger charge is 1.98. The van der Waals surface area contributed by atoms with Crippen molar-refractivity contribution in [3.05, 3.63) is 35.9 Å². The lowest BCUT2D eigenvalue weighted by molar-refractivity contribution is 1.07. The van der Waals surface area contributed by atoms with Crippen molar-refractivity contribution in [2.45, 2.75) is 6.42 Å². The van der Waals surface area contributed by atoms with Gasteiger partial charge in [-0.25, -0.2) is 0 Å². The summed E-state index contributed by atoms with van der Waals surface area (Å²) in [6, 6.07) is 5.43. The number of nitrogens with one attached hydrogen (secondary N) is 1. The molecule has 13 heavy (non-hydrogen) atoms. The Hall–Kier alpha value is -1.15. The summed E-state index contributed by atoms with van der Waals surface area (Å²) in [6.07, 6.45) is 2.78. The maximum atomic E-state index is 5.94. The zero-order valence-electron chi connectivity index (χ0n) is 7.39. The van der Waals surface area contributed by atoms with E-state index in [1.54, 1.807) is 6.07 Å². The topological polar surface area (TPSA) is 38.0 Å². The number of nitrogen functional groups attached to an aromatic ring is 1. The minimum absolute atomic E-state index is 0.657. The molecule has 0 saturated heterocycles. The highest BCUT2D eigenvalue weighted by atomic mass is 35.5. The average Bonchev–Trinajstić information content (AvgIpc) is 2.09. The van der Waals surface area contributed by atoms with Gasteiger partial charge in [0.2, 0.25) is 0 Å².